The molecule has 0 saturated carbocycles. The monoisotopic (exact) mass is 294 g/mol. The Morgan fingerprint density at radius 2 is 2.16 bits per heavy atom. The van der Waals surface area contributed by atoms with Crippen molar-refractivity contribution in [1.29, 1.82) is 0 Å². The van der Waals surface area contributed by atoms with Crippen molar-refractivity contribution in [1.82, 2.24) is 19.7 Å². The number of hydrogen-bond donors (Lipinski definition) is 1. The summed E-state index contributed by atoms with van der Waals surface area (Å²) in [5.74, 6) is 2.24. The van der Waals surface area contributed by atoms with E-state index in [1.54, 1.807) is 6.20 Å². The molecule has 0 spiro atoms. The molecule has 5 nitrogen and oxygen atoms in total. The van der Waals surface area contributed by atoms with Crippen LogP contribution in [0.3, 0.4) is 0 Å². The molecule has 0 unspecified atom stereocenters. The van der Waals surface area contributed by atoms with E-state index in [0.717, 1.165) is 35.9 Å². The molecule has 0 atom stereocenters. The number of pyridine rings is 1. The molecule has 0 aromatic carbocycles. The van der Waals surface area contributed by atoms with Crippen LogP contribution in [0.25, 0.3) is 11.5 Å². The van der Waals surface area contributed by atoms with Crippen LogP contribution in [0, 0.1) is 4.77 Å². The van der Waals surface area contributed by atoms with E-state index in [9.17, 15) is 4.21 Å². The normalized spacial score (nSPS) is 23.4. The highest BCUT2D eigenvalue weighted by Gasteiger charge is 2.23. The average Bonchev–Trinajstić information content (AvgIpc) is 2.83. The molecule has 1 fully saturated rings. The van der Waals surface area contributed by atoms with Gasteiger partial charge in [-0.05, 0) is 37.2 Å². The molecule has 2 aromatic rings. The summed E-state index contributed by atoms with van der Waals surface area (Å²) in [5.41, 5.74) is 0.807. The van der Waals surface area contributed by atoms with Crippen molar-refractivity contribution in [2.45, 2.75) is 18.9 Å². The SMILES string of the molecule is O=S1CCC(n2c(-c3ccccn3)n[nH]c2=S)CC1. The largest absolute Gasteiger partial charge is 0.296 e. The number of aromatic amines is 1. The Kier molecular flexibility index (Phi) is 3.56. The van der Waals surface area contributed by atoms with Crippen molar-refractivity contribution in [2.24, 2.45) is 0 Å². The summed E-state index contributed by atoms with van der Waals surface area (Å²) in [6.07, 6.45) is 3.49. The second-order valence-corrected chi connectivity index (χ2v) is 6.60. The zero-order chi connectivity index (χ0) is 13.2. The first-order chi connectivity index (χ1) is 9.25. The summed E-state index contributed by atoms with van der Waals surface area (Å²) in [4.78, 5) is 4.32. The van der Waals surface area contributed by atoms with Gasteiger partial charge in [0.15, 0.2) is 10.6 Å². The van der Waals surface area contributed by atoms with E-state index in [1.807, 2.05) is 22.8 Å². The van der Waals surface area contributed by atoms with Crippen LogP contribution in [-0.4, -0.2) is 35.5 Å². The van der Waals surface area contributed by atoms with Crippen LogP contribution in [0.2, 0.25) is 0 Å². The maximum atomic E-state index is 11.5. The summed E-state index contributed by atoms with van der Waals surface area (Å²) < 4.78 is 14.1. The minimum atomic E-state index is -0.674. The van der Waals surface area contributed by atoms with Crippen LogP contribution in [0.5, 0.6) is 0 Å². The molecular weight excluding hydrogens is 280 g/mol. The summed E-state index contributed by atoms with van der Waals surface area (Å²) in [6, 6.07) is 5.99. The molecule has 1 aliphatic heterocycles. The van der Waals surface area contributed by atoms with E-state index in [0.29, 0.717) is 4.77 Å². The number of H-pyrrole nitrogens is 1. The molecule has 0 amide bonds. The van der Waals surface area contributed by atoms with Gasteiger partial charge in [-0.25, -0.2) is 0 Å². The molecule has 0 aliphatic carbocycles. The standard InChI is InChI=1S/C12H14N4OS2/c17-19-7-4-9(5-8-19)16-11(14-15-12(16)18)10-3-1-2-6-13-10/h1-3,6,9H,4-5,7-8H2,(H,15,18). The Morgan fingerprint density at radius 3 is 2.84 bits per heavy atom. The minimum Gasteiger partial charge on any atom is -0.296 e. The Labute approximate surface area is 118 Å². The van der Waals surface area contributed by atoms with Crippen LogP contribution in [0.1, 0.15) is 18.9 Å². The van der Waals surface area contributed by atoms with Gasteiger partial charge >= 0.3 is 0 Å². The molecule has 3 rings (SSSR count). The number of rotatable bonds is 2. The first kappa shape index (κ1) is 12.7. The molecule has 0 bridgehead atoms. The first-order valence-electron chi connectivity index (χ1n) is 6.19. The van der Waals surface area contributed by atoms with E-state index in [1.165, 1.54) is 0 Å². The van der Waals surface area contributed by atoms with Crippen molar-refractivity contribution in [3.05, 3.63) is 29.2 Å². The van der Waals surface area contributed by atoms with Gasteiger partial charge in [0.05, 0.1) is 0 Å². The maximum Gasteiger partial charge on any atom is 0.195 e. The third-order valence-electron chi connectivity index (χ3n) is 3.32. The second-order valence-electron chi connectivity index (χ2n) is 4.52. The lowest BCUT2D eigenvalue weighted by Crippen LogP contribution is -2.22. The highest BCUT2D eigenvalue weighted by molar-refractivity contribution is 7.85. The van der Waals surface area contributed by atoms with Gasteiger partial charge in [-0.15, -0.1) is 0 Å². The third kappa shape index (κ3) is 2.52. The topological polar surface area (TPSA) is 63.6 Å². The van der Waals surface area contributed by atoms with Gasteiger partial charge in [0, 0.05) is 34.5 Å². The lowest BCUT2D eigenvalue weighted by molar-refractivity contribution is 0.460. The number of nitrogens with zero attached hydrogens (tertiary/aromatic N) is 3. The van der Waals surface area contributed by atoms with Crippen LogP contribution >= 0.6 is 12.2 Å². The van der Waals surface area contributed by atoms with Crippen molar-refractivity contribution < 1.29 is 4.21 Å². The van der Waals surface area contributed by atoms with Gasteiger partial charge in [0.1, 0.15) is 5.69 Å². The molecule has 1 aliphatic rings. The third-order valence-corrected chi connectivity index (χ3v) is 4.99. The van der Waals surface area contributed by atoms with E-state index >= 15 is 0 Å². The zero-order valence-corrected chi connectivity index (χ0v) is 11.9. The number of nitrogens with one attached hydrogen (secondary N) is 1. The molecule has 7 heteroatoms. The Balaban J connectivity index is 2.00. The van der Waals surface area contributed by atoms with Crippen molar-refractivity contribution in [3.8, 4) is 11.5 Å². The minimum absolute atomic E-state index is 0.265. The Morgan fingerprint density at radius 1 is 1.37 bits per heavy atom. The van der Waals surface area contributed by atoms with Crippen molar-refractivity contribution in [3.63, 3.8) is 0 Å². The summed E-state index contributed by atoms with van der Waals surface area (Å²) >= 11 is 5.32. The molecule has 1 N–H and O–H groups in total. The van der Waals surface area contributed by atoms with Crippen molar-refractivity contribution >= 4 is 23.0 Å². The quantitative estimate of drug-likeness (QED) is 0.861. The molecule has 2 aromatic heterocycles. The smallest absolute Gasteiger partial charge is 0.195 e. The highest BCUT2D eigenvalue weighted by Crippen LogP contribution is 2.27. The first-order valence-corrected chi connectivity index (χ1v) is 8.08. The summed E-state index contributed by atoms with van der Waals surface area (Å²) in [7, 11) is -0.674. The summed E-state index contributed by atoms with van der Waals surface area (Å²) in [6.45, 7) is 0. The molecule has 1 saturated heterocycles. The Hall–Kier alpha value is -1.34. The van der Waals surface area contributed by atoms with Gasteiger partial charge in [-0.1, -0.05) is 6.07 Å². The second kappa shape index (κ2) is 5.34. The number of aromatic nitrogens is 4. The van der Waals surface area contributed by atoms with E-state index in [4.69, 9.17) is 12.2 Å². The molecule has 3 heterocycles. The lowest BCUT2D eigenvalue weighted by Gasteiger charge is -2.23. The van der Waals surface area contributed by atoms with Crippen LogP contribution < -0.4 is 0 Å². The van der Waals surface area contributed by atoms with Gasteiger partial charge in [-0.3, -0.25) is 18.9 Å². The predicted octanol–water partition coefficient (Wildman–Crippen LogP) is 2.09. The van der Waals surface area contributed by atoms with Gasteiger partial charge in [0.2, 0.25) is 0 Å². The summed E-state index contributed by atoms with van der Waals surface area (Å²) in [5, 5.41) is 7.13. The fourth-order valence-corrected chi connectivity index (χ4v) is 3.91. The van der Waals surface area contributed by atoms with E-state index in [2.05, 4.69) is 15.2 Å². The lowest BCUT2D eigenvalue weighted by atomic mass is 10.1. The van der Waals surface area contributed by atoms with E-state index < -0.39 is 10.8 Å². The van der Waals surface area contributed by atoms with Gasteiger partial charge in [-0.2, -0.15) is 5.10 Å². The number of hydrogen-bond acceptors (Lipinski definition) is 4. The van der Waals surface area contributed by atoms with Crippen molar-refractivity contribution in [2.75, 3.05) is 11.5 Å². The van der Waals surface area contributed by atoms with E-state index in [-0.39, 0.29) is 6.04 Å². The molecule has 100 valence electrons. The predicted molar refractivity (Wildman–Crippen MR) is 76.8 cm³/mol. The molecule has 19 heavy (non-hydrogen) atoms. The van der Waals surface area contributed by atoms with Crippen LogP contribution in [0.4, 0.5) is 0 Å². The van der Waals surface area contributed by atoms with Crippen LogP contribution in [-0.2, 0) is 10.8 Å². The highest BCUT2D eigenvalue weighted by atomic mass is 32.2. The zero-order valence-electron chi connectivity index (χ0n) is 10.3. The van der Waals surface area contributed by atoms with Gasteiger partial charge in [0.25, 0.3) is 0 Å². The maximum absolute atomic E-state index is 11.5. The fraction of sp³-hybridized carbons (Fsp3) is 0.417. The average molecular weight is 294 g/mol. The molecule has 0 radical (unpaired) electrons. The van der Waals surface area contributed by atoms with Crippen LogP contribution in [0.15, 0.2) is 24.4 Å². The fourth-order valence-electron chi connectivity index (χ4n) is 2.36. The van der Waals surface area contributed by atoms with Gasteiger partial charge < -0.3 is 0 Å². The molecular formula is C12H14N4OS2. The Bertz CT molecular complexity index is 639.